The lowest BCUT2D eigenvalue weighted by molar-refractivity contribution is -0.137. The maximum Gasteiger partial charge on any atom is 0.416 e. The number of carbonyl (C=O) groups excluding carboxylic acids is 1. The lowest BCUT2D eigenvalue weighted by Gasteiger charge is -2.34. The molecule has 0 saturated carbocycles. The van der Waals surface area contributed by atoms with Crippen LogP contribution in [0, 0.1) is 18.3 Å². The van der Waals surface area contributed by atoms with Gasteiger partial charge in [-0.3, -0.25) is 4.79 Å². The summed E-state index contributed by atoms with van der Waals surface area (Å²) in [6, 6.07) is 7.79. The van der Waals surface area contributed by atoms with Crippen LogP contribution in [0.2, 0.25) is 0 Å². The first-order valence-corrected chi connectivity index (χ1v) is 8.25. The Morgan fingerprint density at radius 1 is 1.11 bits per heavy atom. The fourth-order valence-electron chi connectivity index (χ4n) is 2.85. The normalized spacial score (nSPS) is 14.8. The number of piperazine rings is 1. The van der Waals surface area contributed by atoms with Gasteiger partial charge in [-0.2, -0.15) is 18.4 Å². The Morgan fingerprint density at radius 3 is 2.30 bits per heavy atom. The van der Waals surface area contributed by atoms with Crippen LogP contribution in [-0.4, -0.2) is 47.0 Å². The summed E-state index contributed by atoms with van der Waals surface area (Å²) >= 11 is 0. The molecule has 9 heteroatoms. The quantitative estimate of drug-likeness (QED) is 0.807. The minimum atomic E-state index is -4.43. The number of carbonyl (C=O) groups is 1. The molecule has 0 unspecified atom stereocenters. The van der Waals surface area contributed by atoms with Gasteiger partial charge in [0.05, 0.1) is 5.56 Å². The topological polar surface area (TPSA) is 73.1 Å². The average molecular weight is 375 g/mol. The zero-order valence-corrected chi connectivity index (χ0v) is 14.5. The number of hydrogen-bond donors (Lipinski definition) is 0. The summed E-state index contributed by atoms with van der Waals surface area (Å²) in [7, 11) is 0. The summed E-state index contributed by atoms with van der Waals surface area (Å²) in [5, 5.41) is 9.01. The number of anilines is 1. The average Bonchev–Trinajstić information content (AvgIpc) is 2.66. The van der Waals surface area contributed by atoms with E-state index in [1.165, 1.54) is 12.1 Å². The van der Waals surface area contributed by atoms with Crippen LogP contribution in [0.1, 0.15) is 27.3 Å². The van der Waals surface area contributed by atoms with E-state index in [2.05, 4.69) is 9.97 Å². The molecule has 1 aromatic heterocycles. The van der Waals surface area contributed by atoms with E-state index in [1.54, 1.807) is 17.9 Å². The summed E-state index contributed by atoms with van der Waals surface area (Å²) in [4.78, 5) is 24.5. The number of aryl methyl sites for hydroxylation is 1. The molecule has 1 aliphatic rings. The fourth-order valence-corrected chi connectivity index (χ4v) is 2.85. The molecule has 2 aromatic rings. The molecule has 1 saturated heterocycles. The van der Waals surface area contributed by atoms with Crippen LogP contribution in [-0.2, 0) is 6.18 Å². The highest BCUT2D eigenvalue weighted by Crippen LogP contribution is 2.29. The van der Waals surface area contributed by atoms with Gasteiger partial charge in [0, 0.05) is 37.4 Å². The molecule has 27 heavy (non-hydrogen) atoms. The van der Waals surface area contributed by atoms with E-state index >= 15 is 0 Å². The third kappa shape index (κ3) is 4.16. The number of aromatic nitrogens is 2. The summed E-state index contributed by atoms with van der Waals surface area (Å²) in [6.45, 7) is 3.50. The van der Waals surface area contributed by atoms with Crippen molar-refractivity contribution >= 4 is 11.9 Å². The van der Waals surface area contributed by atoms with Crippen molar-refractivity contribution in [3.8, 4) is 6.07 Å². The number of rotatable bonds is 2. The molecule has 1 aromatic carbocycles. The monoisotopic (exact) mass is 375 g/mol. The Bertz CT molecular complexity index is 881. The fraction of sp³-hybridized carbons (Fsp3) is 0.333. The van der Waals surface area contributed by atoms with E-state index in [0.717, 1.165) is 12.1 Å². The van der Waals surface area contributed by atoms with Gasteiger partial charge in [-0.1, -0.05) is 0 Å². The van der Waals surface area contributed by atoms with Crippen molar-refractivity contribution < 1.29 is 18.0 Å². The van der Waals surface area contributed by atoms with E-state index < -0.39 is 11.7 Å². The number of benzene rings is 1. The van der Waals surface area contributed by atoms with Crippen LogP contribution in [0.25, 0.3) is 0 Å². The van der Waals surface area contributed by atoms with E-state index in [0.29, 0.717) is 37.8 Å². The molecule has 140 valence electrons. The van der Waals surface area contributed by atoms with Crippen molar-refractivity contribution in [1.82, 2.24) is 14.9 Å². The standard InChI is InChI=1S/C18H16F3N5O/c1-12-10-15(11-22)24-17(23-12)26-8-6-25(7-9-26)16(27)13-2-4-14(5-3-13)18(19,20)21/h2-5,10H,6-9H2,1H3. The Morgan fingerprint density at radius 2 is 1.74 bits per heavy atom. The molecule has 6 nitrogen and oxygen atoms in total. The highest BCUT2D eigenvalue weighted by molar-refractivity contribution is 5.94. The second-order valence-electron chi connectivity index (χ2n) is 6.16. The predicted octanol–water partition coefficient (Wildman–Crippen LogP) is 2.64. The molecular weight excluding hydrogens is 359 g/mol. The third-order valence-corrected chi connectivity index (χ3v) is 4.27. The molecule has 2 heterocycles. The zero-order valence-electron chi connectivity index (χ0n) is 14.5. The number of alkyl halides is 3. The minimum Gasteiger partial charge on any atom is -0.337 e. The van der Waals surface area contributed by atoms with Gasteiger partial charge in [0.25, 0.3) is 5.91 Å². The van der Waals surface area contributed by atoms with Crippen molar-refractivity contribution in [3.05, 3.63) is 52.8 Å². The maximum absolute atomic E-state index is 12.6. The highest BCUT2D eigenvalue weighted by Gasteiger charge is 2.31. The van der Waals surface area contributed by atoms with Crippen LogP contribution in [0.15, 0.2) is 30.3 Å². The van der Waals surface area contributed by atoms with Crippen molar-refractivity contribution in [2.45, 2.75) is 13.1 Å². The van der Waals surface area contributed by atoms with Crippen molar-refractivity contribution in [2.75, 3.05) is 31.1 Å². The SMILES string of the molecule is Cc1cc(C#N)nc(N2CCN(C(=O)c3ccc(C(F)(F)F)cc3)CC2)n1. The molecule has 0 aliphatic carbocycles. The predicted molar refractivity (Wildman–Crippen MR) is 91.0 cm³/mol. The van der Waals surface area contributed by atoms with Crippen LogP contribution in [0.5, 0.6) is 0 Å². The zero-order chi connectivity index (χ0) is 19.6. The Labute approximate surface area is 153 Å². The maximum atomic E-state index is 12.6. The smallest absolute Gasteiger partial charge is 0.337 e. The van der Waals surface area contributed by atoms with Crippen LogP contribution in [0.3, 0.4) is 0 Å². The summed E-state index contributed by atoms with van der Waals surface area (Å²) < 4.78 is 37.9. The van der Waals surface area contributed by atoms with E-state index in [9.17, 15) is 18.0 Å². The van der Waals surface area contributed by atoms with E-state index in [-0.39, 0.29) is 17.2 Å². The van der Waals surface area contributed by atoms with Gasteiger partial charge in [0.1, 0.15) is 11.8 Å². The van der Waals surface area contributed by atoms with Gasteiger partial charge in [-0.05, 0) is 37.3 Å². The minimum absolute atomic E-state index is 0.218. The Balaban J connectivity index is 1.66. The van der Waals surface area contributed by atoms with Crippen molar-refractivity contribution in [2.24, 2.45) is 0 Å². The highest BCUT2D eigenvalue weighted by atomic mass is 19.4. The molecule has 3 rings (SSSR count). The van der Waals surface area contributed by atoms with Gasteiger partial charge in [0.15, 0.2) is 0 Å². The van der Waals surface area contributed by atoms with Crippen LogP contribution in [0.4, 0.5) is 19.1 Å². The number of halogens is 3. The van der Waals surface area contributed by atoms with Gasteiger partial charge < -0.3 is 9.80 Å². The molecule has 1 fully saturated rings. The first kappa shape index (κ1) is 18.6. The van der Waals surface area contributed by atoms with Crippen molar-refractivity contribution in [3.63, 3.8) is 0 Å². The largest absolute Gasteiger partial charge is 0.416 e. The van der Waals surface area contributed by atoms with Crippen LogP contribution >= 0.6 is 0 Å². The number of nitriles is 1. The molecule has 0 bridgehead atoms. The molecule has 0 N–H and O–H groups in total. The summed E-state index contributed by atoms with van der Waals surface area (Å²) in [5.41, 5.74) is 0.393. The molecule has 0 spiro atoms. The molecule has 1 aliphatic heterocycles. The summed E-state index contributed by atoms with van der Waals surface area (Å²) in [6.07, 6.45) is -4.43. The van der Waals surface area contributed by atoms with Gasteiger partial charge >= 0.3 is 6.18 Å². The first-order chi connectivity index (χ1) is 12.8. The molecule has 0 radical (unpaired) electrons. The Kier molecular flexibility index (Phi) is 4.99. The summed E-state index contributed by atoms with van der Waals surface area (Å²) in [5.74, 6) is 0.124. The van der Waals surface area contributed by atoms with Gasteiger partial charge in [0.2, 0.25) is 5.95 Å². The van der Waals surface area contributed by atoms with Gasteiger partial charge in [-0.25, -0.2) is 9.97 Å². The number of nitrogens with zero attached hydrogens (tertiary/aromatic N) is 5. The Hall–Kier alpha value is -3.15. The molecule has 0 atom stereocenters. The molecule has 1 amide bonds. The third-order valence-electron chi connectivity index (χ3n) is 4.27. The van der Waals surface area contributed by atoms with Gasteiger partial charge in [-0.15, -0.1) is 0 Å². The molecular formula is C18H16F3N5O. The number of hydrogen-bond acceptors (Lipinski definition) is 5. The second-order valence-corrected chi connectivity index (χ2v) is 6.16. The second kappa shape index (κ2) is 7.23. The first-order valence-electron chi connectivity index (χ1n) is 8.25. The van der Waals surface area contributed by atoms with E-state index in [1.807, 2.05) is 11.0 Å². The van der Waals surface area contributed by atoms with Crippen molar-refractivity contribution in [1.29, 1.82) is 5.26 Å². The van der Waals surface area contributed by atoms with Crippen LogP contribution < -0.4 is 4.90 Å². The lowest BCUT2D eigenvalue weighted by atomic mass is 10.1. The number of amides is 1. The van der Waals surface area contributed by atoms with E-state index in [4.69, 9.17) is 5.26 Å². The lowest BCUT2D eigenvalue weighted by Crippen LogP contribution is -2.49.